The maximum Gasteiger partial charge on any atom is 0.264 e. The van der Waals surface area contributed by atoms with Crippen molar-refractivity contribution in [2.45, 2.75) is 44.2 Å². The summed E-state index contributed by atoms with van der Waals surface area (Å²) in [4.78, 5) is 28.1. The van der Waals surface area contributed by atoms with Gasteiger partial charge >= 0.3 is 0 Å². The zero-order valence-electron chi connectivity index (χ0n) is 21.3. The molecule has 0 aromatic heterocycles. The van der Waals surface area contributed by atoms with E-state index in [0.717, 1.165) is 10.4 Å². The van der Waals surface area contributed by atoms with Crippen LogP contribution in [-0.2, 0) is 26.2 Å². The number of carbonyl (C=O) groups is 2. The molecule has 0 fully saturated rings. The van der Waals surface area contributed by atoms with Crippen LogP contribution >= 0.6 is 11.6 Å². The molecule has 0 aliphatic heterocycles. The normalized spacial score (nSPS) is 12.0. The molecule has 2 amide bonds. The quantitative estimate of drug-likeness (QED) is 0.338. The van der Waals surface area contributed by atoms with Crippen molar-refractivity contribution in [1.29, 1.82) is 0 Å². The highest BCUT2D eigenvalue weighted by molar-refractivity contribution is 7.92. The average molecular weight is 560 g/mol. The van der Waals surface area contributed by atoms with Crippen molar-refractivity contribution in [3.05, 3.63) is 95.3 Å². The molecule has 0 bridgehead atoms. The summed E-state index contributed by atoms with van der Waals surface area (Å²) in [6.45, 7) is 3.45. The van der Waals surface area contributed by atoms with Crippen molar-refractivity contribution < 1.29 is 22.4 Å². The van der Waals surface area contributed by atoms with Gasteiger partial charge in [0.1, 0.15) is 18.4 Å². The monoisotopic (exact) mass is 559 g/mol. The Bertz CT molecular complexity index is 1340. The molecule has 0 aliphatic rings. The van der Waals surface area contributed by atoms with Gasteiger partial charge < -0.3 is 10.2 Å². The summed E-state index contributed by atoms with van der Waals surface area (Å²) in [5.74, 6) is -1.79. The molecular formula is C28H31ClFN3O4S. The Balaban J connectivity index is 2.04. The number of nitrogens with zero attached hydrogens (tertiary/aromatic N) is 2. The van der Waals surface area contributed by atoms with Crippen molar-refractivity contribution in [2.24, 2.45) is 0 Å². The van der Waals surface area contributed by atoms with Gasteiger partial charge in [0, 0.05) is 18.1 Å². The molecule has 0 saturated carbocycles. The van der Waals surface area contributed by atoms with Gasteiger partial charge in [-0.1, -0.05) is 67.9 Å². The highest BCUT2D eigenvalue weighted by Crippen LogP contribution is 2.27. The van der Waals surface area contributed by atoms with Crippen LogP contribution in [0.2, 0.25) is 5.02 Å². The molecule has 0 heterocycles. The van der Waals surface area contributed by atoms with Gasteiger partial charge in [0.15, 0.2) is 0 Å². The van der Waals surface area contributed by atoms with Crippen LogP contribution in [0.25, 0.3) is 0 Å². The third-order valence-electron chi connectivity index (χ3n) is 5.93. The number of anilines is 1. The second-order valence-electron chi connectivity index (χ2n) is 8.64. The minimum atomic E-state index is -4.32. The number of benzene rings is 3. The molecule has 1 N–H and O–H groups in total. The first-order chi connectivity index (χ1) is 18.2. The lowest BCUT2D eigenvalue weighted by Gasteiger charge is -2.33. The van der Waals surface area contributed by atoms with Gasteiger partial charge in [0.25, 0.3) is 10.0 Å². The molecule has 3 aromatic carbocycles. The number of amides is 2. The van der Waals surface area contributed by atoms with Gasteiger partial charge in [-0.25, -0.2) is 12.8 Å². The van der Waals surface area contributed by atoms with Gasteiger partial charge in [-0.2, -0.15) is 0 Å². The average Bonchev–Trinajstić information content (AvgIpc) is 2.92. The van der Waals surface area contributed by atoms with Crippen LogP contribution < -0.4 is 9.62 Å². The molecule has 10 heteroatoms. The van der Waals surface area contributed by atoms with E-state index in [1.165, 1.54) is 35.2 Å². The highest BCUT2D eigenvalue weighted by atomic mass is 35.5. The molecule has 3 aromatic rings. The van der Waals surface area contributed by atoms with E-state index >= 15 is 0 Å². The number of sulfonamides is 1. The number of para-hydroxylation sites is 1. The standard InChI is InChI=1S/C28H31ClFN3O4S/c1-3-18-31-28(35)25(4-2)32(19-21-14-16-22(29)17-15-21)27(34)20-33(26-13-9-8-12-24(26)30)38(36,37)23-10-6-5-7-11-23/h5-17,25H,3-4,18-20H2,1-2H3,(H,31,35)/t25-/m1/s1. The van der Waals surface area contributed by atoms with Crippen LogP contribution in [0.4, 0.5) is 10.1 Å². The van der Waals surface area contributed by atoms with Crippen LogP contribution in [0.15, 0.2) is 83.8 Å². The third kappa shape index (κ3) is 7.11. The summed E-state index contributed by atoms with van der Waals surface area (Å²) in [5.41, 5.74) is 0.437. The summed E-state index contributed by atoms with van der Waals surface area (Å²) in [6.07, 6.45) is 1.00. The third-order valence-corrected chi connectivity index (χ3v) is 7.96. The molecule has 7 nitrogen and oxygen atoms in total. The molecular weight excluding hydrogens is 529 g/mol. The van der Waals surface area contributed by atoms with Crippen molar-refractivity contribution >= 4 is 39.1 Å². The SMILES string of the molecule is CCCNC(=O)[C@@H](CC)N(Cc1ccc(Cl)cc1)C(=O)CN(c1ccccc1F)S(=O)(=O)c1ccccc1. The Morgan fingerprint density at radius 1 is 0.947 bits per heavy atom. The summed E-state index contributed by atoms with van der Waals surface area (Å²) in [7, 11) is -4.32. The number of carbonyl (C=O) groups excluding carboxylic acids is 2. The summed E-state index contributed by atoms with van der Waals surface area (Å²) < 4.78 is 43.0. The minimum absolute atomic E-state index is 0.0323. The lowest BCUT2D eigenvalue weighted by molar-refractivity contribution is -0.140. The van der Waals surface area contributed by atoms with Crippen molar-refractivity contribution in [1.82, 2.24) is 10.2 Å². The van der Waals surface area contributed by atoms with Crippen LogP contribution in [0.1, 0.15) is 32.3 Å². The maximum absolute atomic E-state index is 14.9. The molecule has 0 saturated heterocycles. The van der Waals surface area contributed by atoms with E-state index in [2.05, 4.69) is 5.32 Å². The smallest absolute Gasteiger partial charge is 0.264 e. The number of rotatable bonds is 12. The van der Waals surface area contributed by atoms with E-state index in [9.17, 15) is 22.4 Å². The lowest BCUT2D eigenvalue weighted by atomic mass is 10.1. The Labute approximate surface area is 228 Å². The molecule has 1 atom stereocenters. The van der Waals surface area contributed by atoms with E-state index in [1.807, 2.05) is 6.92 Å². The Morgan fingerprint density at radius 3 is 2.18 bits per heavy atom. The van der Waals surface area contributed by atoms with Gasteiger partial charge in [-0.3, -0.25) is 13.9 Å². The van der Waals surface area contributed by atoms with E-state index < -0.39 is 34.3 Å². The van der Waals surface area contributed by atoms with E-state index in [0.29, 0.717) is 30.0 Å². The van der Waals surface area contributed by atoms with Gasteiger partial charge in [-0.05, 0) is 54.8 Å². The number of hydrogen-bond donors (Lipinski definition) is 1. The van der Waals surface area contributed by atoms with Crippen LogP contribution in [0, 0.1) is 5.82 Å². The van der Waals surface area contributed by atoms with E-state index in [1.54, 1.807) is 49.4 Å². The van der Waals surface area contributed by atoms with Gasteiger partial charge in [0.05, 0.1) is 10.6 Å². The molecule has 0 aliphatic carbocycles. The Hall–Kier alpha value is -3.43. The highest BCUT2D eigenvalue weighted by Gasteiger charge is 2.34. The minimum Gasteiger partial charge on any atom is -0.354 e. The fourth-order valence-electron chi connectivity index (χ4n) is 3.96. The first kappa shape index (κ1) is 29.1. The first-order valence-corrected chi connectivity index (χ1v) is 14.1. The van der Waals surface area contributed by atoms with Gasteiger partial charge in [0.2, 0.25) is 11.8 Å². The number of nitrogens with one attached hydrogen (secondary N) is 1. The van der Waals surface area contributed by atoms with Crippen molar-refractivity contribution in [2.75, 3.05) is 17.4 Å². The Kier molecular flexibility index (Phi) is 10.3. The summed E-state index contributed by atoms with van der Waals surface area (Å²) in [5, 5.41) is 3.33. The topological polar surface area (TPSA) is 86.8 Å². The van der Waals surface area contributed by atoms with Crippen molar-refractivity contribution in [3.8, 4) is 0 Å². The lowest BCUT2D eigenvalue weighted by Crippen LogP contribution is -2.52. The molecule has 202 valence electrons. The zero-order chi connectivity index (χ0) is 27.7. The molecule has 38 heavy (non-hydrogen) atoms. The largest absolute Gasteiger partial charge is 0.354 e. The maximum atomic E-state index is 14.9. The summed E-state index contributed by atoms with van der Waals surface area (Å²) in [6, 6.07) is 18.8. The fourth-order valence-corrected chi connectivity index (χ4v) is 5.53. The van der Waals surface area contributed by atoms with E-state index in [-0.39, 0.29) is 23.0 Å². The van der Waals surface area contributed by atoms with E-state index in [4.69, 9.17) is 11.6 Å². The van der Waals surface area contributed by atoms with Crippen LogP contribution in [0.3, 0.4) is 0 Å². The van der Waals surface area contributed by atoms with Crippen molar-refractivity contribution in [3.63, 3.8) is 0 Å². The molecule has 0 spiro atoms. The summed E-state index contributed by atoms with van der Waals surface area (Å²) >= 11 is 6.01. The molecule has 0 unspecified atom stereocenters. The number of hydrogen-bond acceptors (Lipinski definition) is 4. The number of halogens is 2. The second-order valence-corrected chi connectivity index (χ2v) is 10.9. The molecule has 3 rings (SSSR count). The predicted octanol–water partition coefficient (Wildman–Crippen LogP) is 5.01. The molecule has 0 radical (unpaired) electrons. The van der Waals surface area contributed by atoms with Crippen LogP contribution in [-0.4, -0.2) is 44.3 Å². The van der Waals surface area contributed by atoms with Gasteiger partial charge in [-0.15, -0.1) is 0 Å². The fraction of sp³-hybridized carbons (Fsp3) is 0.286. The predicted molar refractivity (Wildman–Crippen MR) is 147 cm³/mol. The zero-order valence-corrected chi connectivity index (χ0v) is 22.9. The first-order valence-electron chi connectivity index (χ1n) is 12.3. The Morgan fingerprint density at radius 2 is 1.58 bits per heavy atom. The second kappa shape index (κ2) is 13.4. The van der Waals surface area contributed by atoms with Crippen LogP contribution in [0.5, 0.6) is 0 Å².